The number of halogens is 2. The van der Waals surface area contributed by atoms with Crippen molar-refractivity contribution >= 4 is 63.8 Å². The zero-order valence-electron chi connectivity index (χ0n) is 18.8. The largest absolute Gasteiger partial charge is 0.493 e. The molecule has 7 nitrogen and oxygen atoms in total. The Morgan fingerprint density at radius 1 is 1.06 bits per heavy atom. The van der Waals surface area contributed by atoms with Gasteiger partial charge in [0.05, 0.1) is 16.4 Å². The number of barbiturate groups is 1. The minimum atomic E-state index is -0.792. The highest BCUT2D eigenvalue weighted by Gasteiger charge is 2.36. The molecule has 1 saturated heterocycles. The van der Waals surface area contributed by atoms with Crippen LogP contribution in [0.5, 0.6) is 11.5 Å². The van der Waals surface area contributed by atoms with Gasteiger partial charge in [-0.1, -0.05) is 35.9 Å². The summed E-state index contributed by atoms with van der Waals surface area (Å²) in [6, 6.07) is 16.9. The summed E-state index contributed by atoms with van der Waals surface area (Å²) in [5, 5.41) is 2.85. The average molecular weight is 603 g/mol. The van der Waals surface area contributed by atoms with Crippen molar-refractivity contribution in [3.05, 3.63) is 91.5 Å². The number of imide groups is 2. The number of ether oxygens (including phenoxy) is 2. The van der Waals surface area contributed by atoms with Crippen molar-refractivity contribution in [2.45, 2.75) is 13.5 Å². The molecule has 3 aromatic carbocycles. The molecular weight excluding hydrogens is 583 g/mol. The van der Waals surface area contributed by atoms with Crippen LogP contribution in [-0.4, -0.2) is 25.0 Å². The smallest absolute Gasteiger partial charge is 0.335 e. The van der Waals surface area contributed by atoms with Crippen molar-refractivity contribution < 1.29 is 23.9 Å². The first-order valence-corrected chi connectivity index (χ1v) is 12.0. The van der Waals surface area contributed by atoms with Crippen LogP contribution in [0, 0.1) is 10.5 Å². The van der Waals surface area contributed by atoms with E-state index in [0.29, 0.717) is 31.3 Å². The van der Waals surface area contributed by atoms with Gasteiger partial charge in [-0.15, -0.1) is 0 Å². The molecule has 4 amide bonds. The first-order valence-electron chi connectivity index (χ1n) is 10.5. The Balaban J connectivity index is 1.64. The van der Waals surface area contributed by atoms with E-state index in [9.17, 15) is 14.4 Å². The first-order chi connectivity index (χ1) is 16.8. The Kier molecular flexibility index (Phi) is 7.42. The number of aryl methyl sites for hydroxylation is 1. The van der Waals surface area contributed by atoms with Crippen molar-refractivity contribution in [3.8, 4) is 11.5 Å². The van der Waals surface area contributed by atoms with E-state index >= 15 is 0 Å². The molecule has 0 bridgehead atoms. The third kappa shape index (κ3) is 5.49. The number of urea groups is 1. The Morgan fingerprint density at radius 3 is 2.54 bits per heavy atom. The van der Waals surface area contributed by atoms with Gasteiger partial charge in [-0.05, 0) is 88.7 Å². The van der Waals surface area contributed by atoms with E-state index in [4.69, 9.17) is 21.1 Å². The molecule has 1 aliphatic rings. The zero-order valence-corrected chi connectivity index (χ0v) is 21.7. The van der Waals surface area contributed by atoms with Crippen LogP contribution in [-0.2, 0) is 16.2 Å². The average Bonchev–Trinajstić information content (AvgIpc) is 2.80. The van der Waals surface area contributed by atoms with Crippen LogP contribution < -0.4 is 19.7 Å². The number of rotatable bonds is 6. The van der Waals surface area contributed by atoms with Gasteiger partial charge in [0.25, 0.3) is 11.8 Å². The number of hydrogen-bond donors (Lipinski definition) is 1. The molecule has 4 rings (SSSR count). The minimum Gasteiger partial charge on any atom is -0.493 e. The van der Waals surface area contributed by atoms with Crippen molar-refractivity contribution in [3.63, 3.8) is 0 Å². The lowest BCUT2D eigenvalue weighted by Crippen LogP contribution is -2.54. The first kappa shape index (κ1) is 24.7. The van der Waals surface area contributed by atoms with Gasteiger partial charge in [0.1, 0.15) is 12.2 Å². The Hall–Kier alpha value is -3.37. The summed E-state index contributed by atoms with van der Waals surface area (Å²) in [6.07, 6.45) is 1.43. The molecule has 35 heavy (non-hydrogen) atoms. The molecule has 1 N–H and O–H groups in total. The van der Waals surface area contributed by atoms with Gasteiger partial charge in [-0.2, -0.15) is 0 Å². The molecule has 1 heterocycles. The lowest BCUT2D eigenvalue weighted by atomic mass is 10.1. The van der Waals surface area contributed by atoms with E-state index in [1.54, 1.807) is 36.4 Å². The number of benzene rings is 3. The molecule has 0 radical (unpaired) electrons. The Labute approximate surface area is 220 Å². The lowest BCUT2D eigenvalue weighted by molar-refractivity contribution is -0.122. The molecule has 0 aliphatic carbocycles. The van der Waals surface area contributed by atoms with Crippen molar-refractivity contribution in [1.82, 2.24) is 5.32 Å². The maximum atomic E-state index is 13.2. The molecule has 0 spiro atoms. The summed E-state index contributed by atoms with van der Waals surface area (Å²) in [5.74, 6) is -0.522. The van der Waals surface area contributed by atoms with Gasteiger partial charge in [0.2, 0.25) is 0 Å². The standard InChI is InChI=1S/C26H20ClIN2O5/c1-15-5-3-8-19(9-15)30-25(32)20(24(31)29-26(30)33)11-17-12-21(28)23(22(13-17)34-2)35-14-16-6-4-7-18(27)10-16/h3-13H,14H2,1-2H3,(H,29,31,33)/b20-11+. The lowest BCUT2D eigenvalue weighted by Gasteiger charge is -2.26. The molecule has 178 valence electrons. The molecule has 1 fully saturated rings. The molecular formula is C26H20ClIN2O5. The predicted molar refractivity (Wildman–Crippen MR) is 142 cm³/mol. The summed E-state index contributed by atoms with van der Waals surface area (Å²) in [7, 11) is 1.51. The summed E-state index contributed by atoms with van der Waals surface area (Å²) < 4.78 is 12.2. The third-order valence-electron chi connectivity index (χ3n) is 5.20. The van der Waals surface area contributed by atoms with E-state index in [-0.39, 0.29) is 12.2 Å². The van der Waals surface area contributed by atoms with Gasteiger partial charge in [-0.3, -0.25) is 14.9 Å². The number of carbonyl (C=O) groups excluding carboxylic acids is 3. The van der Waals surface area contributed by atoms with Gasteiger partial charge in [-0.25, -0.2) is 9.69 Å². The van der Waals surface area contributed by atoms with Gasteiger partial charge < -0.3 is 9.47 Å². The highest BCUT2D eigenvalue weighted by molar-refractivity contribution is 14.1. The van der Waals surface area contributed by atoms with Crippen LogP contribution in [0.3, 0.4) is 0 Å². The van der Waals surface area contributed by atoms with Crippen LogP contribution >= 0.6 is 34.2 Å². The second-order valence-corrected chi connectivity index (χ2v) is 9.35. The highest BCUT2D eigenvalue weighted by Crippen LogP contribution is 2.35. The zero-order chi connectivity index (χ0) is 25.1. The van der Waals surface area contributed by atoms with Crippen LogP contribution in [0.15, 0.2) is 66.2 Å². The minimum absolute atomic E-state index is 0.170. The maximum absolute atomic E-state index is 13.2. The predicted octanol–water partition coefficient (Wildman–Crippen LogP) is 5.51. The van der Waals surface area contributed by atoms with E-state index in [0.717, 1.165) is 16.0 Å². The second kappa shape index (κ2) is 10.5. The van der Waals surface area contributed by atoms with E-state index in [1.807, 2.05) is 31.2 Å². The quantitative estimate of drug-likeness (QED) is 0.229. The number of methoxy groups -OCH3 is 1. The van der Waals surface area contributed by atoms with Crippen molar-refractivity contribution in [2.24, 2.45) is 0 Å². The molecule has 0 atom stereocenters. The maximum Gasteiger partial charge on any atom is 0.335 e. The fourth-order valence-corrected chi connectivity index (χ4v) is 4.57. The Morgan fingerprint density at radius 2 is 1.83 bits per heavy atom. The van der Waals surface area contributed by atoms with Crippen LogP contribution in [0.4, 0.5) is 10.5 Å². The fraction of sp³-hybridized carbons (Fsp3) is 0.115. The molecule has 0 aromatic heterocycles. The Bertz CT molecular complexity index is 1370. The van der Waals surface area contributed by atoms with Crippen LogP contribution in [0.25, 0.3) is 6.08 Å². The molecule has 0 saturated carbocycles. The topological polar surface area (TPSA) is 84.9 Å². The fourth-order valence-electron chi connectivity index (χ4n) is 3.57. The van der Waals surface area contributed by atoms with Gasteiger partial charge in [0.15, 0.2) is 11.5 Å². The normalized spacial score (nSPS) is 14.8. The SMILES string of the molecule is COc1cc(/C=C2\C(=O)NC(=O)N(c3cccc(C)c3)C2=O)cc(I)c1OCc1cccc(Cl)c1. The number of anilines is 1. The van der Waals surface area contributed by atoms with Crippen molar-refractivity contribution in [2.75, 3.05) is 12.0 Å². The van der Waals surface area contributed by atoms with Gasteiger partial charge in [0, 0.05) is 5.02 Å². The van der Waals surface area contributed by atoms with Crippen molar-refractivity contribution in [1.29, 1.82) is 0 Å². The summed E-state index contributed by atoms with van der Waals surface area (Å²) in [5.41, 5.74) is 2.52. The molecule has 3 aromatic rings. The van der Waals surface area contributed by atoms with Crippen LogP contribution in [0.1, 0.15) is 16.7 Å². The summed E-state index contributed by atoms with van der Waals surface area (Å²) in [6.45, 7) is 2.13. The molecule has 9 heteroatoms. The number of nitrogens with zero attached hydrogens (tertiary/aromatic N) is 1. The number of hydrogen-bond acceptors (Lipinski definition) is 5. The van der Waals surface area contributed by atoms with E-state index < -0.39 is 17.8 Å². The van der Waals surface area contributed by atoms with Gasteiger partial charge >= 0.3 is 6.03 Å². The summed E-state index contributed by atoms with van der Waals surface area (Å²) in [4.78, 5) is 39.1. The van der Waals surface area contributed by atoms with E-state index in [2.05, 4.69) is 27.9 Å². The summed E-state index contributed by atoms with van der Waals surface area (Å²) >= 11 is 8.15. The molecule has 0 unspecified atom stereocenters. The highest BCUT2D eigenvalue weighted by atomic mass is 127. The number of carbonyl (C=O) groups is 3. The second-order valence-electron chi connectivity index (χ2n) is 7.75. The number of nitrogens with one attached hydrogen (secondary N) is 1. The van der Waals surface area contributed by atoms with Crippen LogP contribution in [0.2, 0.25) is 5.02 Å². The van der Waals surface area contributed by atoms with E-state index in [1.165, 1.54) is 13.2 Å². The number of amides is 4. The molecule has 1 aliphatic heterocycles. The monoisotopic (exact) mass is 602 g/mol. The third-order valence-corrected chi connectivity index (χ3v) is 6.23.